The molecule has 0 N–H and O–H groups in total. The molecule has 0 amide bonds. The maximum Gasteiger partial charge on any atom is 0.135 e. The standard InChI is InChI=1S/C17H23NO3/c1-18-7-6-17(10-12(18)8-13(19)11-17)15-9-14(20-2)4-5-16(15)21-3/h4-5,9,12H,6-8,10-11H2,1-3H3/t12-,17+/m0/s1. The second-order valence-corrected chi connectivity index (χ2v) is 6.35. The van der Waals surface area contributed by atoms with E-state index in [0.29, 0.717) is 24.7 Å². The van der Waals surface area contributed by atoms with Gasteiger partial charge in [-0.2, -0.15) is 0 Å². The minimum Gasteiger partial charge on any atom is -0.497 e. The van der Waals surface area contributed by atoms with Crippen molar-refractivity contribution in [3.8, 4) is 11.5 Å². The first-order valence-corrected chi connectivity index (χ1v) is 7.52. The molecule has 2 atom stereocenters. The summed E-state index contributed by atoms with van der Waals surface area (Å²) in [6.07, 6.45) is 3.33. The van der Waals surface area contributed by atoms with Crippen LogP contribution in [0.2, 0.25) is 0 Å². The van der Waals surface area contributed by atoms with E-state index in [1.807, 2.05) is 12.1 Å². The molecule has 0 spiro atoms. The summed E-state index contributed by atoms with van der Waals surface area (Å²) in [6, 6.07) is 6.28. The average Bonchev–Trinajstić information content (AvgIpc) is 2.50. The van der Waals surface area contributed by atoms with Crippen LogP contribution in [-0.4, -0.2) is 44.5 Å². The molecule has 0 radical (unpaired) electrons. The Morgan fingerprint density at radius 2 is 2.10 bits per heavy atom. The van der Waals surface area contributed by atoms with E-state index in [9.17, 15) is 4.79 Å². The third kappa shape index (κ3) is 2.42. The normalized spacial score (nSPS) is 29.3. The van der Waals surface area contributed by atoms with Crippen molar-refractivity contribution < 1.29 is 14.3 Å². The predicted molar refractivity (Wildman–Crippen MR) is 81.1 cm³/mol. The number of nitrogens with zero attached hydrogens (tertiary/aromatic N) is 1. The Labute approximate surface area is 126 Å². The van der Waals surface area contributed by atoms with Gasteiger partial charge in [-0.3, -0.25) is 4.79 Å². The lowest BCUT2D eigenvalue weighted by Crippen LogP contribution is -2.52. The fourth-order valence-electron chi connectivity index (χ4n) is 3.95. The molecule has 1 saturated heterocycles. The van der Waals surface area contributed by atoms with Gasteiger partial charge in [0, 0.05) is 29.9 Å². The summed E-state index contributed by atoms with van der Waals surface area (Å²) in [4.78, 5) is 14.6. The highest BCUT2D eigenvalue weighted by atomic mass is 16.5. The molecule has 2 aliphatic rings. The van der Waals surface area contributed by atoms with E-state index in [2.05, 4.69) is 18.0 Å². The topological polar surface area (TPSA) is 38.8 Å². The summed E-state index contributed by atoms with van der Waals surface area (Å²) in [5, 5.41) is 0. The van der Waals surface area contributed by atoms with E-state index in [4.69, 9.17) is 9.47 Å². The lowest BCUT2D eigenvalue weighted by Gasteiger charge is -2.49. The lowest BCUT2D eigenvalue weighted by molar-refractivity contribution is -0.126. The second kappa shape index (κ2) is 5.34. The first kappa shape index (κ1) is 14.4. The molecule has 2 bridgehead atoms. The van der Waals surface area contributed by atoms with E-state index < -0.39 is 0 Å². The molecular formula is C17H23NO3. The molecule has 0 aromatic heterocycles. The van der Waals surface area contributed by atoms with Gasteiger partial charge < -0.3 is 14.4 Å². The zero-order valence-electron chi connectivity index (χ0n) is 13.0. The Hall–Kier alpha value is -1.55. The molecule has 21 heavy (non-hydrogen) atoms. The molecule has 4 nitrogen and oxygen atoms in total. The quantitative estimate of drug-likeness (QED) is 0.856. The maximum atomic E-state index is 12.3. The Balaban J connectivity index is 2.06. The van der Waals surface area contributed by atoms with E-state index >= 15 is 0 Å². The smallest absolute Gasteiger partial charge is 0.135 e. The van der Waals surface area contributed by atoms with Crippen LogP contribution >= 0.6 is 0 Å². The third-order valence-electron chi connectivity index (χ3n) is 5.17. The van der Waals surface area contributed by atoms with Crippen molar-refractivity contribution in [2.75, 3.05) is 27.8 Å². The van der Waals surface area contributed by atoms with Crippen molar-refractivity contribution in [1.82, 2.24) is 4.90 Å². The van der Waals surface area contributed by atoms with Gasteiger partial charge in [0.05, 0.1) is 14.2 Å². The van der Waals surface area contributed by atoms with Crippen molar-refractivity contribution in [1.29, 1.82) is 0 Å². The number of carbonyl (C=O) groups excluding carboxylic acids is 1. The van der Waals surface area contributed by atoms with Gasteiger partial charge in [0.1, 0.15) is 17.3 Å². The molecule has 1 aliphatic heterocycles. The number of carbonyl (C=O) groups is 1. The number of piperidine rings is 1. The highest BCUT2D eigenvalue weighted by Gasteiger charge is 2.47. The molecule has 2 fully saturated rings. The first-order chi connectivity index (χ1) is 10.1. The number of hydrogen-bond donors (Lipinski definition) is 0. The predicted octanol–water partition coefficient (Wildman–Crippen LogP) is 2.40. The van der Waals surface area contributed by atoms with Crippen LogP contribution in [0.1, 0.15) is 31.2 Å². The highest BCUT2D eigenvalue weighted by Crippen LogP contribution is 2.49. The van der Waals surface area contributed by atoms with E-state index in [1.54, 1.807) is 14.2 Å². The SMILES string of the molecule is COc1ccc(OC)c([C@@]23CCN(C)[C@@H](CC(=O)C2)C3)c1. The summed E-state index contributed by atoms with van der Waals surface area (Å²) in [5.74, 6) is 2.06. The van der Waals surface area contributed by atoms with Gasteiger partial charge in [-0.15, -0.1) is 0 Å². The molecule has 1 heterocycles. The van der Waals surface area contributed by atoms with Crippen LogP contribution in [0.4, 0.5) is 0 Å². The first-order valence-electron chi connectivity index (χ1n) is 7.52. The van der Waals surface area contributed by atoms with Crippen LogP contribution in [0.25, 0.3) is 0 Å². The highest BCUT2D eigenvalue weighted by molar-refractivity contribution is 5.82. The van der Waals surface area contributed by atoms with Gasteiger partial charge in [-0.1, -0.05) is 0 Å². The van der Waals surface area contributed by atoms with Gasteiger partial charge >= 0.3 is 0 Å². The fraction of sp³-hybridized carbons (Fsp3) is 0.588. The van der Waals surface area contributed by atoms with Crippen molar-refractivity contribution in [2.45, 2.75) is 37.1 Å². The second-order valence-electron chi connectivity index (χ2n) is 6.35. The van der Waals surface area contributed by atoms with Crippen LogP contribution < -0.4 is 9.47 Å². The molecule has 1 aliphatic carbocycles. The number of benzene rings is 1. The summed E-state index contributed by atoms with van der Waals surface area (Å²) < 4.78 is 10.9. The average molecular weight is 289 g/mol. The van der Waals surface area contributed by atoms with Gasteiger partial charge in [-0.05, 0) is 44.6 Å². The van der Waals surface area contributed by atoms with Gasteiger partial charge in [0.2, 0.25) is 0 Å². The van der Waals surface area contributed by atoms with Gasteiger partial charge in [-0.25, -0.2) is 0 Å². The molecular weight excluding hydrogens is 266 g/mol. The molecule has 1 saturated carbocycles. The Morgan fingerprint density at radius 3 is 2.81 bits per heavy atom. The molecule has 4 heteroatoms. The van der Waals surface area contributed by atoms with E-state index in [0.717, 1.165) is 36.4 Å². The number of rotatable bonds is 3. The van der Waals surface area contributed by atoms with Crippen LogP contribution in [0.5, 0.6) is 11.5 Å². The fourth-order valence-corrected chi connectivity index (χ4v) is 3.95. The number of fused-ring (bicyclic) bond motifs is 2. The van der Waals surface area contributed by atoms with Crippen molar-refractivity contribution in [2.24, 2.45) is 0 Å². The lowest BCUT2D eigenvalue weighted by atomic mass is 9.63. The molecule has 1 aromatic carbocycles. The van der Waals surface area contributed by atoms with Crippen LogP contribution in [0.15, 0.2) is 18.2 Å². The summed E-state index contributed by atoms with van der Waals surface area (Å²) in [7, 11) is 5.49. The number of hydrogen-bond acceptors (Lipinski definition) is 4. The van der Waals surface area contributed by atoms with Gasteiger partial charge in [0.25, 0.3) is 0 Å². The zero-order valence-corrected chi connectivity index (χ0v) is 13.0. The van der Waals surface area contributed by atoms with E-state index in [1.165, 1.54) is 0 Å². The largest absolute Gasteiger partial charge is 0.497 e. The Bertz CT molecular complexity index is 557. The molecule has 1 aromatic rings. The van der Waals surface area contributed by atoms with Gasteiger partial charge in [0.15, 0.2) is 0 Å². The van der Waals surface area contributed by atoms with E-state index in [-0.39, 0.29) is 5.41 Å². The number of ether oxygens (including phenoxy) is 2. The van der Waals surface area contributed by atoms with Crippen molar-refractivity contribution in [3.63, 3.8) is 0 Å². The van der Waals surface area contributed by atoms with Crippen molar-refractivity contribution in [3.05, 3.63) is 23.8 Å². The summed E-state index contributed by atoms with van der Waals surface area (Å²) in [6.45, 7) is 1.03. The molecule has 114 valence electrons. The summed E-state index contributed by atoms with van der Waals surface area (Å²) in [5.41, 5.74) is 1.04. The zero-order chi connectivity index (χ0) is 15.0. The molecule has 3 rings (SSSR count). The minimum atomic E-state index is -0.0909. The van der Waals surface area contributed by atoms with Crippen molar-refractivity contribution >= 4 is 5.78 Å². The van der Waals surface area contributed by atoms with Crippen LogP contribution in [-0.2, 0) is 10.2 Å². The monoisotopic (exact) mass is 289 g/mol. The van der Waals surface area contributed by atoms with Crippen LogP contribution in [0, 0.1) is 0 Å². The molecule has 0 unspecified atom stereocenters. The number of ketones is 1. The summed E-state index contributed by atoms with van der Waals surface area (Å²) >= 11 is 0. The number of Topliss-reactive ketones (excluding diaryl/α,β-unsaturated/α-hetero) is 1. The van der Waals surface area contributed by atoms with Crippen LogP contribution in [0.3, 0.4) is 0 Å². The minimum absolute atomic E-state index is 0.0909. The number of methoxy groups -OCH3 is 2. The Morgan fingerprint density at radius 1 is 1.29 bits per heavy atom. The maximum absolute atomic E-state index is 12.3. The Kier molecular flexibility index (Phi) is 3.66. The third-order valence-corrected chi connectivity index (χ3v) is 5.17. The number of likely N-dealkylation sites (tertiary alicyclic amines) is 1.